The second kappa shape index (κ2) is 6.26. The van der Waals surface area contributed by atoms with Gasteiger partial charge in [0, 0.05) is 12.0 Å². The van der Waals surface area contributed by atoms with Crippen LogP contribution in [0.15, 0.2) is 48.5 Å². The molecule has 0 bridgehead atoms. The molecule has 2 rings (SSSR count). The minimum atomic E-state index is -0.0169. The van der Waals surface area contributed by atoms with Gasteiger partial charge in [0.05, 0.1) is 0 Å². The van der Waals surface area contributed by atoms with Crippen molar-refractivity contribution in [2.45, 2.75) is 51.9 Å². The van der Waals surface area contributed by atoms with Gasteiger partial charge in [-0.3, -0.25) is 0 Å². The maximum atomic E-state index is 6.12. The number of nitrogens with two attached hydrogens (primary N) is 1. The molecule has 0 spiro atoms. The Balaban J connectivity index is 2.24. The third-order valence-electron chi connectivity index (χ3n) is 4.61. The molecule has 2 aromatic rings. The second-order valence-corrected chi connectivity index (χ2v) is 7.75. The lowest BCUT2D eigenvalue weighted by atomic mass is 9.76. The lowest BCUT2D eigenvalue weighted by Gasteiger charge is -2.29. The number of aryl methyl sites for hydroxylation is 1. The summed E-state index contributed by atoms with van der Waals surface area (Å²) in [6.07, 6.45) is 0.969. The number of benzene rings is 2. The van der Waals surface area contributed by atoms with E-state index in [4.69, 9.17) is 5.73 Å². The minimum Gasteiger partial charge on any atom is -0.330 e. The van der Waals surface area contributed by atoms with E-state index in [2.05, 4.69) is 83.1 Å². The summed E-state index contributed by atoms with van der Waals surface area (Å²) in [7, 11) is 0. The molecule has 0 aliphatic rings. The lowest BCUT2D eigenvalue weighted by Crippen LogP contribution is -2.34. The van der Waals surface area contributed by atoms with Crippen LogP contribution in [0.2, 0.25) is 0 Å². The molecule has 1 unspecified atom stereocenters. The Morgan fingerprint density at radius 1 is 0.773 bits per heavy atom. The topological polar surface area (TPSA) is 26.0 Å². The number of hydrogen-bond acceptors (Lipinski definition) is 1. The highest BCUT2D eigenvalue weighted by Gasteiger charge is 2.25. The Morgan fingerprint density at radius 3 is 1.73 bits per heavy atom. The van der Waals surface area contributed by atoms with Crippen LogP contribution in [0.25, 0.3) is 0 Å². The molecular formula is C21H29N. The fourth-order valence-electron chi connectivity index (χ4n) is 2.82. The van der Waals surface area contributed by atoms with Crippen molar-refractivity contribution in [2.24, 2.45) is 5.73 Å². The van der Waals surface area contributed by atoms with Crippen LogP contribution in [-0.2, 0) is 17.3 Å². The summed E-state index contributed by atoms with van der Waals surface area (Å²) in [5, 5.41) is 0. The van der Waals surface area contributed by atoms with E-state index in [-0.39, 0.29) is 10.8 Å². The zero-order chi connectivity index (χ0) is 16.4. The number of rotatable bonds is 4. The average molecular weight is 295 g/mol. The normalized spacial score (nSPS) is 14.6. The first kappa shape index (κ1) is 16.8. The summed E-state index contributed by atoms with van der Waals surface area (Å²) in [4.78, 5) is 0. The SMILES string of the molecule is Cc1ccc(C(C)(CN)Cc2ccc(C(C)(C)C)cc2)cc1. The quantitative estimate of drug-likeness (QED) is 0.865. The predicted octanol–water partition coefficient (Wildman–Crippen LogP) is 4.75. The van der Waals surface area contributed by atoms with E-state index >= 15 is 0 Å². The Kier molecular flexibility index (Phi) is 4.77. The molecule has 0 heterocycles. The molecule has 0 saturated carbocycles. The molecule has 0 amide bonds. The predicted molar refractivity (Wildman–Crippen MR) is 96.4 cm³/mol. The van der Waals surface area contributed by atoms with E-state index < -0.39 is 0 Å². The van der Waals surface area contributed by atoms with E-state index in [0.29, 0.717) is 6.54 Å². The van der Waals surface area contributed by atoms with Gasteiger partial charge in [-0.15, -0.1) is 0 Å². The zero-order valence-corrected chi connectivity index (χ0v) is 14.6. The van der Waals surface area contributed by atoms with Gasteiger partial charge in [-0.1, -0.05) is 81.8 Å². The van der Waals surface area contributed by atoms with E-state index in [1.54, 1.807) is 0 Å². The van der Waals surface area contributed by atoms with Crippen molar-refractivity contribution in [3.8, 4) is 0 Å². The molecule has 0 aromatic heterocycles. The Labute approximate surface area is 135 Å². The molecule has 1 atom stereocenters. The molecule has 1 nitrogen and oxygen atoms in total. The van der Waals surface area contributed by atoms with Crippen molar-refractivity contribution in [2.75, 3.05) is 6.54 Å². The first-order valence-corrected chi connectivity index (χ1v) is 8.11. The smallest absolute Gasteiger partial charge is 0.00876 e. The fraction of sp³-hybridized carbons (Fsp3) is 0.429. The Hall–Kier alpha value is -1.60. The summed E-state index contributed by atoms with van der Waals surface area (Å²) in [6.45, 7) is 11.8. The summed E-state index contributed by atoms with van der Waals surface area (Å²) >= 11 is 0. The summed E-state index contributed by atoms with van der Waals surface area (Å²) in [6, 6.07) is 17.8. The van der Waals surface area contributed by atoms with Gasteiger partial charge >= 0.3 is 0 Å². The summed E-state index contributed by atoms with van der Waals surface area (Å²) < 4.78 is 0. The van der Waals surface area contributed by atoms with Crippen LogP contribution in [0.5, 0.6) is 0 Å². The lowest BCUT2D eigenvalue weighted by molar-refractivity contribution is 0.480. The van der Waals surface area contributed by atoms with Crippen LogP contribution in [0.4, 0.5) is 0 Å². The third-order valence-corrected chi connectivity index (χ3v) is 4.61. The minimum absolute atomic E-state index is 0.0169. The first-order chi connectivity index (χ1) is 10.2. The summed E-state index contributed by atoms with van der Waals surface area (Å²) in [5.41, 5.74) is 11.6. The van der Waals surface area contributed by atoms with Crippen molar-refractivity contribution in [3.63, 3.8) is 0 Å². The molecule has 0 radical (unpaired) electrons. The molecular weight excluding hydrogens is 266 g/mol. The van der Waals surface area contributed by atoms with Crippen molar-refractivity contribution in [1.82, 2.24) is 0 Å². The first-order valence-electron chi connectivity index (χ1n) is 8.11. The van der Waals surface area contributed by atoms with E-state index in [0.717, 1.165) is 6.42 Å². The van der Waals surface area contributed by atoms with Crippen molar-refractivity contribution >= 4 is 0 Å². The second-order valence-electron chi connectivity index (χ2n) is 7.75. The van der Waals surface area contributed by atoms with E-state index in [9.17, 15) is 0 Å². The van der Waals surface area contributed by atoms with Crippen LogP contribution < -0.4 is 5.73 Å². The Bertz CT molecular complexity index is 602. The molecule has 0 saturated heterocycles. The van der Waals surface area contributed by atoms with Gasteiger partial charge in [-0.2, -0.15) is 0 Å². The highest BCUT2D eigenvalue weighted by molar-refractivity contribution is 5.33. The van der Waals surface area contributed by atoms with Crippen molar-refractivity contribution < 1.29 is 0 Å². The maximum Gasteiger partial charge on any atom is 0.00876 e. The van der Waals surface area contributed by atoms with E-state index in [1.165, 1.54) is 22.3 Å². The molecule has 0 aliphatic carbocycles. The average Bonchev–Trinajstić information content (AvgIpc) is 2.47. The van der Waals surface area contributed by atoms with Crippen LogP contribution in [-0.4, -0.2) is 6.54 Å². The summed E-state index contributed by atoms with van der Waals surface area (Å²) in [5.74, 6) is 0. The fourth-order valence-corrected chi connectivity index (χ4v) is 2.82. The molecule has 22 heavy (non-hydrogen) atoms. The van der Waals surface area contributed by atoms with Gasteiger partial charge < -0.3 is 5.73 Å². The number of hydrogen-bond donors (Lipinski definition) is 1. The highest BCUT2D eigenvalue weighted by Crippen LogP contribution is 2.29. The van der Waals surface area contributed by atoms with Crippen LogP contribution >= 0.6 is 0 Å². The van der Waals surface area contributed by atoms with Crippen LogP contribution in [0, 0.1) is 6.92 Å². The van der Waals surface area contributed by atoms with Crippen molar-refractivity contribution in [1.29, 1.82) is 0 Å². The van der Waals surface area contributed by atoms with Gasteiger partial charge in [0.2, 0.25) is 0 Å². The van der Waals surface area contributed by atoms with Gasteiger partial charge in [0.15, 0.2) is 0 Å². The highest BCUT2D eigenvalue weighted by atomic mass is 14.6. The maximum absolute atomic E-state index is 6.12. The third kappa shape index (κ3) is 3.78. The molecule has 0 aliphatic heterocycles. The standard InChI is InChI=1S/C21H29N/c1-16-6-10-19(11-7-16)21(5,15-22)14-17-8-12-18(13-9-17)20(2,3)4/h6-13H,14-15,22H2,1-5H3. The largest absolute Gasteiger partial charge is 0.330 e. The van der Waals surface area contributed by atoms with Crippen LogP contribution in [0.1, 0.15) is 49.9 Å². The van der Waals surface area contributed by atoms with Gasteiger partial charge in [-0.05, 0) is 35.4 Å². The Morgan fingerprint density at radius 2 is 1.27 bits per heavy atom. The molecule has 2 N–H and O–H groups in total. The van der Waals surface area contributed by atoms with Gasteiger partial charge in [0.25, 0.3) is 0 Å². The van der Waals surface area contributed by atoms with Gasteiger partial charge in [-0.25, -0.2) is 0 Å². The molecule has 1 heteroatoms. The van der Waals surface area contributed by atoms with E-state index in [1.807, 2.05) is 0 Å². The van der Waals surface area contributed by atoms with Crippen LogP contribution in [0.3, 0.4) is 0 Å². The molecule has 0 fully saturated rings. The van der Waals surface area contributed by atoms with Crippen molar-refractivity contribution in [3.05, 3.63) is 70.8 Å². The zero-order valence-electron chi connectivity index (χ0n) is 14.6. The molecule has 118 valence electrons. The van der Waals surface area contributed by atoms with Gasteiger partial charge in [0.1, 0.15) is 0 Å². The molecule has 2 aromatic carbocycles. The monoisotopic (exact) mass is 295 g/mol.